The van der Waals surface area contributed by atoms with Crippen LogP contribution in [0.15, 0.2) is 53.1 Å². The summed E-state index contributed by atoms with van der Waals surface area (Å²) in [7, 11) is 0. The van der Waals surface area contributed by atoms with Crippen LogP contribution in [0.25, 0.3) is 11.0 Å². The average molecular weight is 326 g/mol. The van der Waals surface area contributed by atoms with Gasteiger partial charge >= 0.3 is 0 Å². The van der Waals surface area contributed by atoms with Crippen molar-refractivity contribution in [1.82, 2.24) is 4.90 Å². The molecule has 5 nitrogen and oxygen atoms in total. The molecule has 3 rings (SSSR count). The van der Waals surface area contributed by atoms with Gasteiger partial charge in [0.05, 0.1) is 6.04 Å². The molecule has 1 aliphatic heterocycles. The van der Waals surface area contributed by atoms with Crippen molar-refractivity contribution in [2.45, 2.75) is 32.4 Å². The van der Waals surface area contributed by atoms with Crippen molar-refractivity contribution < 1.29 is 13.9 Å². The number of benzene rings is 1. The Kier molecular flexibility index (Phi) is 4.09. The van der Waals surface area contributed by atoms with Crippen LogP contribution in [0.4, 0.5) is 0 Å². The fourth-order valence-corrected chi connectivity index (χ4v) is 2.83. The Balaban J connectivity index is 1.74. The summed E-state index contributed by atoms with van der Waals surface area (Å²) >= 11 is 0. The van der Waals surface area contributed by atoms with Gasteiger partial charge < -0.3 is 19.8 Å². The zero-order valence-corrected chi connectivity index (χ0v) is 14.2. The van der Waals surface area contributed by atoms with Crippen molar-refractivity contribution in [3.63, 3.8) is 0 Å². The summed E-state index contributed by atoms with van der Waals surface area (Å²) in [4.78, 5) is 13.7. The molecule has 1 unspecified atom stereocenters. The molecule has 0 saturated heterocycles. The van der Waals surface area contributed by atoms with Gasteiger partial charge in [-0.05, 0) is 51.1 Å². The van der Waals surface area contributed by atoms with Crippen molar-refractivity contribution in [3.8, 4) is 5.75 Å². The second kappa shape index (κ2) is 6.07. The molecule has 0 radical (unpaired) electrons. The lowest BCUT2D eigenvalue weighted by molar-refractivity contribution is -0.127. The van der Waals surface area contributed by atoms with Gasteiger partial charge in [-0.15, -0.1) is 0 Å². The van der Waals surface area contributed by atoms with E-state index in [2.05, 4.69) is 0 Å². The Morgan fingerprint density at radius 1 is 1.33 bits per heavy atom. The SMILES string of the molecule is Cc1cc2cc(OCC3C=CC=CN3C(C)(C)C(N)=O)ccc2o1. The molecule has 2 heterocycles. The van der Waals surface area contributed by atoms with E-state index in [-0.39, 0.29) is 11.9 Å². The first kappa shape index (κ1) is 16.2. The summed E-state index contributed by atoms with van der Waals surface area (Å²) in [6, 6.07) is 7.65. The molecule has 1 atom stereocenters. The standard InChI is InChI=1S/C19H22N2O3/c1-13-10-14-11-16(7-8-17(14)24-13)23-12-15-6-4-5-9-21(15)19(2,3)18(20)22/h4-11,15H,12H2,1-3H3,(H2,20,22). The third-order valence-electron chi connectivity index (χ3n) is 4.33. The van der Waals surface area contributed by atoms with Crippen LogP contribution in [0.5, 0.6) is 5.75 Å². The van der Waals surface area contributed by atoms with Gasteiger partial charge in [0.15, 0.2) is 0 Å². The molecular weight excluding hydrogens is 304 g/mol. The van der Waals surface area contributed by atoms with Crippen molar-refractivity contribution >= 4 is 16.9 Å². The topological polar surface area (TPSA) is 68.7 Å². The molecule has 5 heteroatoms. The molecule has 24 heavy (non-hydrogen) atoms. The normalized spacial score (nSPS) is 17.5. The molecule has 1 aromatic heterocycles. The Morgan fingerprint density at radius 2 is 2.12 bits per heavy atom. The Morgan fingerprint density at radius 3 is 2.88 bits per heavy atom. The summed E-state index contributed by atoms with van der Waals surface area (Å²) in [6.07, 6.45) is 7.72. The zero-order valence-electron chi connectivity index (χ0n) is 14.2. The van der Waals surface area contributed by atoms with Gasteiger partial charge in [0.1, 0.15) is 29.2 Å². The maximum atomic E-state index is 11.8. The third kappa shape index (κ3) is 3.02. The minimum absolute atomic E-state index is 0.0701. The maximum Gasteiger partial charge on any atom is 0.242 e. The Bertz CT molecular complexity index is 817. The second-order valence-corrected chi connectivity index (χ2v) is 6.49. The molecule has 2 N–H and O–H groups in total. The molecule has 0 aliphatic carbocycles. The number of carbonyl (C=O) groups excluding carboxylic acids is 1. The average Bonchev–Trinajstić information content (AvgIpc) is 2.92. The minimum atomic E-state index is -0.791. The second-order valence-electron chi connectivity index (χ2n) is 6.49. The van der Waals surface area contributed by atoms with E-state index < -0.39 is 5.54 Å². The maximum absolute atomic E-state index is 11.8. The summed E-state index contributed by atoms with van der Waals surface area (Å²) in [6.45, 7) is 5.96. The molecular formula is C19H22N2O3. The first-order chi connectivity index (χ1) is 11.4. The lowest BCUT2D eigenvalue weighted by Gasteiger charge is -2.41. The largest absolute Gasteiger partial charge is 0.491 e. The van der Waals surface area contributed by atoms with E-state index in [1.807, 2.05) is 74.4 Å². The van der Waals surface area contributed by atoms with Crippen LogP contribution < -0.4 is 10.5 Å². The number of primary amides is 1. The summed E-state index contributed by atoms with van der Waals surface area (Å²) in [5, 5.41) is 1.01. The smallest absolute Gasteiger partial charge is 0.242 e. The van der Waals surface area contributed by atoms with Crippen molar-refractivity contribution in [2.75, 3.05) is 6.61 Å². The number of nitrogens with zero attached hydrogens (tertiary/aromatic N) is 1. The number of nitrogens with two attached hydrogens (primary N) is 1. The van der Waals surface area contributed by atoms with E-state index >= 15 is 0 Å². The number of hydrogen-bond acceptors (Lipinski definition) is 4. The number of carbonyl (C=O) groups is 1. The van der Waals surface area contributed by atoms with Crippen LogP contribution in [0.3, 0.4) is 0 Å². The summed E-state index contributed by atoms with van der Waals surface area (Å²) in [5.41, 5.74) is 5.60. The highest BCUT2D eigenvalue weighted by atomic mass is 16.5. The number of ether oxygens (including phenoxy) is 1. The van der Waals surface area contributed by atoms with Crippen LogP contribution in [-0.2, 0) is 4.79 Å². The molecule has 0 fully saturated rings. The predicted octanol–water partition coefficient (Wildman–Crippen LogP) is 3.14. The fraction of sp³-hybridized carbons (Fsp3) is 0.316. The quantitative estimate of drug-likeness (QED) is 0.916. The highest BCUT2D eigenvalue weighted by Crippen LogP contribution is 2.26. The first-order valence-corrected chi connectivity index (χ1v) is 7.94. The molecule has 126 valence electrons. The van der Waals surface area contributed by atoms with Crippen molar-refractivity contribution in [2.24, 2.45) is 5.73 Å². The molecule has 0 saturated carbocycles. The monoisotopic (exact) mass is 326 g/mol. The van der Waals surface area contributed by atoms with E-state index in [1.165, 1.54) is 0 Å². The third-order valence-corrected chi connectivity index (χ3v) is 4.33. The summed E-state index contributed by atoms with van der Waals surface area (Å²) in [5.74, 6) is 1.27. The molecule has 0 bridgehead atoms. The first-order valence-electron chi connectivity index (χ1n) is 7.94. The molecule has 0 spiro atoms. The number of amides is 1. The molecule has 1 amide bonds. The fourth-order valence-electron chi connectivity index (χ4n) is 2.83. The summed E-state index contributed by atoms with van der Waals surface area (Å²) < 4.78 is 11.5. The lowest BCUT2D eigenvalue weighted by atomic mass is 9.98. The molecule has 2 aromatic rings. The predicted molar refractivity (Wildman–Crippen MR) is 93.6 cm³/mol. The van der Waals surface area contributed by atoms with Gasteiger partial charge in [-0.2, -0.15) is 0 Å². The highest BCUT2D eigenvalue weighted by Gasteiger charge is 2.35. The minimum Gasteiger partial charge on any atom is -0.491 e. The van der Waals surface area contributed by atoms with Crippen LogP contribution in [0, 0.1) is 6.92 Å². The lowest BCUT2D eigenvalue weighted by Crippen LogP contribution is -2.56. The number of furan rings is 1. The Labute approximate surface area is 141 Å². The number of aryl methyl sites for hydroxylation is 1. The van der Waals surface area contributed by atoms with Gasteiger partial charge in [0.25, 0.3) is 0 Å². The van der Waals surface area contributed by atoms with E-state index in [9.17, 15) is 4.79 Å². The van der Waals surface area contributed by atoms with Crippen molar-refractivity contribution in [1.29, 1.82) is 0 Å². The van der Waals surface area contributed by atoms with Crippen LogP contribution in [0.1, 0.15) is 19.6 Å². The van der Waals surface area contributed by atoms with E-state index in [4.69, 9.17) is 14.9 Å². The molecule has 1 aromatic carbocycles. The zero-order chi connectivity index (χ0) is 17.3. The number of hydrogen-bond donors (Lipinski definition) is 1. The highest BCUT2D eigenvalue weighted by molar-refractivity contribution is 5.84. The van der Waals surface area contributed by atoms with Gasteiger partial charge in [0.2, 0.25) is 5.91 Å². The number of rotatable bonds is 5. The van der Waals surface area contributed by atoms with E-state index in [0.717, 1.165) is 22.5 Å². The van der Waals surface area contributed by atoms with Gasteiger partial charge in [0, 0.05) is 11.6 Å². The van der Waals surface area contributed by atoms with E-state index in [0.29, 0.717) is 6.61 Å². The number of fused-ring (bicyclic) bond motifs is 1. The van der Waals surface area contributed by atoms with Gasteiger partial charge in [-0.3, -0.25) is 4.79 Å². The van der Waals surface area contributed by atoms with Crippen LogP contribution in [0.2, 0.25) is 0 Å². The van der Waals surface area contributed by atoms with E-state index in [1.54, 1.807) is 0 Å². The van der Waals surface area contributed by atoms with Crippen molar-refractivity contribution in [3.05, 3.63) is 54.5 Å². The van der Waals surface area contributed by atoms with Crippen LogP contribution >= 0.6 is 0 Å². The van der Waals surface area contributed by atoms with Gasteiger partial charge in [-0.25, -0.2) is 0 Å². The number of allylic oxidation sites excluding steroid dienone is 2. The Hall–Kier alpha value is -2.69. The van der Waals surface area contributed by atoms with Crippen LogP contribution in [-0.4, -0.2) is 29.0 Å². The van der Waals surface area contributed by atoms with Gasteiger partial charge in [-0.1, -0.05) is 12.2 Å². The molecule has 1 aliphatic rings.